The number of nitrogens with zero attached hydrogens (tertiary/aromatic N) is 1. The van der Waals surface area contributed by atoms with E-state index in [0.717, 1.165) is 25.9 Å². The summed E-state index contributed by atoms with van der Waals surface area (Å²) in [6, 6.07) is 6.35. The van der Waals surface area contributed by atoms with Gasteiger partial charge in [-0.3, -0.25) is 9.59 Å². The molecule has 124 valence electrons. The fraction of sp³-hybridized carbons (Fsp3) is 0.471. The van der Waals surface area contributed by atoms with Crippen molar-refractivity contribution < 1.29 is 19.1 Å². The molecular formula is C17H22N2O4. The minimum Gasteiger partial charge on any atom is -0.452 e. The lowest BCUT2D eigenvalue weighted by Crippen LogP contribution is -2.41. The van der Waals surface area contributed by atoms with Gasteiger partial charge in [0.2, 0.25) is 5.91 Å². The quantitative estimate of drug-likeness (QED) is 0.862. The maximum Gasteiger partial charge on any atom is 0.338 e. The molecule has 1 aliphatic heterocycles. The molecule has 0 bridgehead atoms. The Morgan fingerprint density at radius 3 is 2.57 bits per heavy atom. The van der Waals surface area contributed by atoms with E-state index in [1.807, 2.05) is 0 Å². The fourth-order valence-electron chi connectivity index (χ4n) is 2.61. The minimum atomic E-state index is -0.544. The first-order valence-corrected chi connectivity index (χ1v) is 7.78. The van der Waals surface area contributed by atoms with Crippen LogP contribution >= 0.6 is 0 Å². The number of ether oxygens (including phenoxy) is 1. The summed E-state index contributed by atoms with van der Waals surface area (Å²) in [5, 5.41) is 2.62. The van der Waals surface area contributed by atoms with E-state index in [2.05, 4.69) is 12.2 Å². The van der Waals surface area contributed by atoms with Crippen LogP contribution in [-0.2, 0) is 14.3 Å². The zero-order valence-electron chi connectivity index (χ0n) is 13.5. The van der Waals surface area contributed by atoms with Gasteiger partial charge in [0, 0.05) is 25.7 Å². The summed E-state index contributed by atoms with van der Waals surface area (Å²) in [4.78, 5) is 36.7. The van der Waals surface area contributed by atoms with Crippen molar-refractivity contribution in [1.29, 1.82) is 0 Å². The Morgan fingerprint density at radius 2 is 1.96 bits per heavy atom. The predicted molar refractivity (Wildman–Crippen MR) is 86.0 cm³/mol. The molecular weight excluding hydrogens is 296 g/mol. The Bertz CT molecular complexity index is 583. The number of carbonyl (C=O) groups excluding carboxylic acids is 3. The number of likely N-dealkylation sites (tertiary alicyclic amines) is 1. The molecule has 6 heteroatoms. The van der Waals surface area contributed by atoms with E-state index in [9.17, 15) is 14.4 Å². The van der Waals surface area contributed by atoms with Crippen molar-refractivity contribution >= 4 is 23.5 Å². The fourth-order valence-corrected chi connectivity index (χ4v) is 2.61. The zero-order valence-corrected chi connectivity index (χ0v) is 13.5. The molecule has 1 aliphatic rings. The minimum absolute atomic E-state index is 0.153. The van der Waals surface area contributed by atoms with Crippen molar-refractivity contribution in [1.82, 2.24) is 4.90 Å². The molecule has 1 atom stereocenters. The van der Waals surface area contributed by atoms with Crippen molar-refractivity contribution in [2.45, 2.75) is 26.7 Å². The summed E-state index contributed by atoms with van der Waals surface area (Å²) >= 11 is 0. The first-order valence-electron chi connectivity index (χ1n) is 7.78. The maximum atomic E-state index is 12.1. The summed E-state index contributed by atoms with van der Waals surface area (Å²) in [5.41, 5.74) is 0.950. The number of carbonyl (C=O) groups is 3. The highest BCUT2D eigenvalue weighted by Gasteiger charge is 2.22. The highest BCUT2D eigenvalue weighted by atomic mass is 16.5. The predicted octanol–water partition coefficient (Wildman–Crippen LogP) is 2.06. The Hall–Kier alpha value is -2.37. The average Bonchev–Trinajstić information content (AvgIpc) is 2.52. The highest BCUT2D eigenvalue weighted by Crippen LogP contribution is 2.16. The first kappa shape index (κ1) is 17.0. The number of hydrogen-bond acceptors (Lipinski definition) is 4. The summed E-state index contributed by atoms with van der Waals surface area (Å²) in [6.07, 6.45) is 2.12. The van der Waals surface area contributed by atoms with E-state index in [0.29, 0.717) is 17.2 Å². The van der Waals surface area contributed by atoms with Crippen LogP contribution in [0.25, 0.3) is 0 Å². The highest BCUT2D eigenvalue weighted by molar-refractivity contribution is 5.93. The van der Waals surface area contributed by atoms with Gasteiger partial charge >= 0.3 is 5.97 Å². The lowest BCUT2D eigenvalue weighted by molar-refractivity contribution is -0.136. The summed E-state index contributed by atoms with van der Waals surface area (Å²) in [6.45, 7) is 4.74. The van der Waals surface area contributed by atoms with E-state index in [1.165, 1.54) is 6.92 Å². The van der Waals surface area contributed by atoms with Gasteiger partial charge in [-0.05, 0) is 43.0 Å². The van der Waals surface area contributed by atoms with Crippen molar-refractivity contribution in [3.63, 3.8) is 0 Å². The van der Waals surface area contributed by atoms with Gasteiger partial charge in [0.1, 0.15) is 0 Å². The summed E-state index contributed by atoms with van der Waals surface area (Å²) < 4.78 is 5.08. The van der Waals surface area contributed by atoms with Gasteiger partial charge < -0.3 is 15.0 Å². The van der Waals surface area contributed by atoms with Gasteiger partial charge in [0.25, 0.3) is 5.91 Å². The third kappa shape index (κ3) is 5.09. The second-order valence-corrected chi connectivity index (χ2v) is 5.92. The standard InChI is InChI=1S/C17H22N2O4/c1-12-4-3-9-19(10-12)16(21)11-23-17(22)14-5-7-15(8-6-14)18-13(2)20/h5-8,12H,3-4,9-11H2,1-2H3,(H,18,20)/t12-/m1/s1. The lowest BCUT2D eigenvalue weighted by atomic mass is 10.0. The molecule has 1 aromatic carbocycles. The number of esters is 1. The average molecular weight is 318 g/mol. The molecule has 0 aliphatic carbocycles. The van der Waals surface area contributed by atoms with Crippen LogP contribution in [0, 0.1) is 5.92 Å². The normalized spacial score (nSPS) is 17.5. The largest absolute Gasteiger partial charge is 0.452 e. The number of nitrogens with one attached hydrogen (secondary N) is 1. The van der Waals surface area contributed by atoms with Gasteiger partial charge in [-0.1, -0.05) is 6.92 Å². The number of piperidine rings is 1. The van der Waals surface area contributed by atoms with E-state index in [1.54, 1.807) is 29.2 Å². The molecule has 0 radical (unpaired) electrons. The lowest BCUT2D eigenvalue weighted by Gasteiger charge is -2.30. The zero-order chi connectivity index (χ0) is 16.8. The monoisotopic (exact) mass is 318 g/mol. The third-order valence-electron chi connectivity index (χ3n) is 3.78. The molecule has 2 amide bonds. The molecule has 0 saturated carbocycles. The van der Waals surface area contributed by atoms with E-state index >= 15 is 0 Å². The van der Waals surface area contributed by atoms with E-state index in [4.69, 9.17) is 4.74 Å². The van der Waals surface area contributed by atoms with Crippen molar-refractivity contribution in [3.8, 4) is 0 Å². The Morgan fingerprint density at radius 1 is 1.26 bits per heavy atom. The maximum absolute atomic E-state index is 12.1. The molecule has 0 unspecified atom stereocenters. The van der Waals surface area contributed by atoms with Crippen LogP contribution < -0.4 is 5.32 Å². The van der Waals surface area contributed by atoms with Crippen LogP contribution in [0.5, 0.6) is 0 Å². The Kier molecular flexibility index (Phi) is 5.73. The molecule has 23 heavy (non-hydrogen) atoms. The van der Waals surface area contributed by atoms with E-state index in [-0.39, 0.29) is 18.4 Å². The van der Waals surface area contributed by atoms with Crippen LogP contribution in [-0.4, -0.2) is 42.4 Å². The van der Waals surface area contributed by atoms with Crippen LogP contribution in [0.15, 0.2) is 24.3 Å². The van der Waals surface area contributed by atoms with Gasteiger partial charge in [0.15, 0.2) is 6.61 Å². The smallest absolute Gasteiger partial charge is 0.338 e. The molecule has 0 spiro atoms. The first-order chi connectivity index (χ1) is 11.0. The van der Waals surface area contributed by atoms with Crippen molar-refractivity contribution in [2.24, 2.45) is 5.92 Å². The molecule has 0 aromatic heterocycles. The number of rotatable bonds is 4. The molecule has 1 aromatic rings. The summed E-state index contributed by atoms with van der Waals surface area (Å²) in [7, 11) is 0. The number of benzene rings is 1. The molecule has 1 fully saturated rings. The number of hydrogen-bond donors (Lipinski definition) is 1. The molecule has 6 nitrogen and oxygen atoms in total. The Labute approximate surface area is 135 Å². The topological polar surface area (TPSA) is 75.7 Å². The van der Waals surface area contributed by atoms with Crippen LogP contribution in [0.2, 0.25) is 0 Å². The van der Waals surface area contributed by atoms with Crippen molar-refractivity contribution in [3.05, 3.63) is 29.8 Å². The van der Waals surface area contributed by atoms with Gasteiger partial charge in [-0.2, -0.15) is 0 Å². The molecule has 1 N–H and O–H groups in total. The second-order valence-electron chi connectivity index (χ2n) is 5.92. The van der Waals surface area contributed by atoms with Crippen LogP contribution in [0.3, 0.4) is 0 Å². The molecule has 1 heterocycles. The van der Waals surface area contributed by atoms with E-state index < -0.39 is 5.97 Å². The number of amides is 2. The van der Waals surface area contributed by atoms with Crippen molar-refractivity contribution in [2.75, 3.05) is 25.0 Å². The van der Waals surface area contributed by atoms with Gasteiger partial charge in [-0.15, -0.1) is 0 Å². The van der Waals surface area contributed by atoms with Gasteiger partial charge in [0.05, 0.1) is 5.56 Å². The molecule has 2 rings (SSSR count). The second kappa shape index (κ2) is 7.76. The van der Waals surface area contributed by atoms with Crippen LogP contribution in [0.4, 0.5) is 5.69 Å². The third-order valence-corrected chi connectivity index (χ3v) is 3.78. The van der Waals surface area contributed by atoms with Gasteiger partial charge in [-0.25, -0.2) is 4.79 Å². The SMILES string of the molecule is CC(=O)Nc1ccc(C(=O)OCC(=O)N2CCC[C@@H](C)C2)cc1. The summed E-state index contributed by atoms with van der Waals surface area (Å²) in [5.74, 6) is -0.385. The molecule has 1 saturated heterocycles. The number of anilines is 1. The van der Waals surface area contributed by atoms with Crippen LogP contribution in [0.1, 0.15) is 37.0 Å². The Balaban J connectivity index is 1.84.